The van der Waals surface area contributed by atoms with Crippen LogP contribution in [0.5, 0.6) is 0 Å². The van der Waals surface area contributed by atoms with Crippen LogP contribution in [0, 0.1) is 0 Å². The van der Waals surface area contributed by atoms with Gasteiger partial charge in [0, 0.05) is 12.1 Å². The van der Waals surface area contributed by atoms with Gasteiger partial charge in [-0.1, -0.05) is 12.8 Å². The van der Waals surface area contributed by atoms with Crippen LogP contribution in [0.25, 0.3) is 12.2 Å². The zero-order chi connectivity index (χ0) is 20.2. The van der Waals surface area contributed by atoms with E-state index in [0.29, 0.717) is 9.20 Å². The van der Waals surface area contributed by atoms with Crippen molar-refractivity contribution in [3.8, 4) is 0 Å². The van der Waals surface area contributed by atoms with Gasteiger partial charge in [-0.3, -0.25) is 19.0 Å². The third-order valence-corrected chi connectivity index (χ3v) is 6.58. The Kier molecular flexibility index (Phi) is 5.92. The monoisotopic (exact) mass is 428 g/mol. The average Bonchev–Trinajstić information content (AvgIpc) is 3.49. The van der Waals surface area contributed by atoms with Crippen LogP contribution in [0.1, 0.15) is 41.8 Å². The van der Waals surface area contributed by atoms with Gasteiger partial charge < -0.3 is 9.73 Å². The van der Waals surface area contributed by atoms with Gasteiger partial charge in [-0.25, -0.2) is 0 Å². The zero-order valence-corrected chi connectivity index (χ0v) is 17.3. The average molecular weight is 429 g/mol. The van der Waals surface area contributed by atoms with E-state index in [-0.39, 0.29) is 35.6 Å². The van der Waals surface area contributed by atoms with E-state index < -0.39 is 0 Å². The van der Waals surface area contributed by atoms with Crippen LogP contribution >= 0.6 is 22.7 Å². The maximum absolute atomic E-state index is 13.0. The fourth-order valence-electron chi connectivity index (χ4n) is 3.39. The number of Topliss-reactive ketones (excluding diaryl/α,β-unsaturated/α-hetero) is 1. The summed E-state index contributed by atoms with van der Waals surface area (Å²) in [5.74, 6) is -0.363. The van der Waals surface area contributed by atoms with E-state index in [9.17, 15) is 14.4 Å². The molecule has 1 fully saturated rings. The second-order valence-corrected chi connectivity index (χ2v) is 8.77. The van der Waals surface area contributed by atoms with Crippen molar-refractivity contribution >= 4 is 46.5 Å². The first-order valence-electron chi connectivity index (χ1n) is 9.42. The molecule has 3 aromatic rings. The Morgan fingerprint density at radius 1 is 1.28 bits per heavy atom. The van der Waals surface area contributed by atoms with Gasteiger partial charge in [0.05, 0.1) is 10.8 Å². The molecule has 4 rings (SSSR count). The molecule has 0 spiro atoms. The highest BCUT2D eigenvalue weighted by Crippen LogP contribution is 2.17. The lowest BCUT2D eigenvalue weighted by Gasteiger charge is -2.11. The zero-order valence-electron chi connectivity index (χ0n) is 15.6. The largest absolute Gasteiger partial charge is 0.461 e. The molecule has 0 unspecified atom stereocenters. The number of carbonyl (C=O) groups excluding carboxylic acids is 2. The molecule has 1 N–H and O–H groups in total. The fourth-order valence-corrected chi connectivity index (χ4v) is 5.05. The molecule has 8 heteroatoms. The number of thiazole rings is 1. The van der Waals surface area contributed by atoms with E-state index in [1.165, 1.54) is 39.6 Å². The number of ketones is 1. The predicted octanol–water partition coefficient (Wildman–Crippen LogP) is 2.12. The Balaban J connectivity index is 1.71. The number of thiophene rings is 1. The van der Waals surface area contributed by atoms with Gasteiger partial charge in [0.2, 0.25) is 11.7 Å². The lowest BCUT2D eigenvalue weighted by molar-refractivity contribution is -0.122. The number of hydrogen-bond donors (Lipinski definition) is 1. The molecular weight excluding hydrogens is 408 g/mol. The predicted molar refractivity (Wildman–Crippen MR) is 114 cm³/mol. The highest BCUT2D eigenvalue weighted by atomic mass is 32.1. The summed E-state index contributed by atoms with van der Waals surface area (Å²) in [6.45, 7) is -0.111. The first kappa shape index (κ1) is 19.6. The molecule has 1 aliphatic rings. The van der Waals surface area contributed by atoms with E-state index >= 15 is 0 Å². The quantitative estimate of drug-likeness (QED) is 0.610. The second-order valence-electron chi connectivity index (χ2n) is 6.93. The Bertz CT molecular complexity index is 1160. The highest BCUT2D eigenvalue weighted by molar-refractivity contribution is 7.08. The molecule has 29 heavy (non-hydrogen) atoms. The summed E-state index contributed by atoms with van der Waals surface area (Å²) < 4.78 is 7.43. The number of amides is 1. The number of nitrogens with one attached hydrogen (secondary N) is 1. The van der Waals surface area contributed by atoms with Crippen molar-refractivity contribution in [2.75, 3.05) is 0 Å². The normalized spacial score (nSPS) is 15.9. The summed E-state index contributed by atoms with van der Waals surface area (Å²) in [6.07, 6.45) is 8.73. The number of nitrogens with zero attached hydrogens (tertiary/aromatic N) is 1. The summed E-state index contributed by atoms with van der Waals surface area (Å²) in [7, 11) is 0. The van der Waals surface area contributed by atoms with Crippen LogP contribution in [0.4, 0.5) is 0 Å². The molecule has 0 radical (unpaired) electrons. The van der Waals surface area contributed by atoms with E-state index in [2.05, 4.69) is 5.32 Å². The Labute approximate surface area is 174 Å². The molecule has 0 aromatic carbocycles. The lowest BCUT2D eigenvalue weighted by atomic mass is 10.2. The molecule has 1 aliphatic carbocycles. The molecule has 0 bridgehead atoms. The minimum Gasteiger partial charge on any atom is -0.461 e. The van der Waals surface area contributed by atoms with Gasteiger partial charge in [-0.05, 0) is 53.4 Å². The lowest BCUT2D eigenvalue weighted by Crippen LogP contribution is -2.41. The number of furan rings is 1. The van der Waals surface area contributed by atoms with E-state index in [1.54, 1.807) is 18.2 Å². The molecule has 0 atom stereocenters. The van der Waals surface area contributed by atoms with Crippen molar-refractivity contribution in [1.82, 2.24) is 9.88 Å². The third-order valence-electron chi connectivity index (χ3n) is 4.82. The Morgan fingerprint density at radius 3 is 2.79 bits per heavy atom. The highest BCUT2D eigenvalue weighted by Gasteiger charge is 2.18. The molecule has 1 amide bonds. The molecule has 0 aliphatic heterocycles. The van der Waals surface area contributed by atoms with Gasteiger partial charge >= 0.3 is 0 Å². The second kappa shape index (κ2) is 8.75. The fraction of sp³-hybridized carbons (Fsp3) is 0.286. The smallest absolute Gasteiger partial charge is 0.269 e. The Hall–Kier alpha value is -2.71. The van der Waals surface area contributed by atoms with Crippen LogP contribution in [-0.4, -0.2) is 22.3 Å². The van der Waals surface area contributed by atoms with Gasteiger partial charge in [-0.15, -0.1) is 11.3 Å². The Morgan fingerprint density at radius 2 is 2.10 bits per heavy atom. The van der Waals surface area contributed by atoms with Gasteiger partial charge in [0.15, 0.2) is 5.76 Å². The number of hydrogen-bond acceptors (Lipinski definition) is 6. The van der Waals surface area contributed by atoms with Crippen LogP contribution < -0.4 is 20.1 Å². The summed E-state index contributed by atoms with van der Waals surface area (Å²) in [4.78, 5) is 38.0. The van der Waals surface area contributed by atoms with E-state index in [1.807, 2.05) is 16.8 Å². The van der Waals surface area contributed by atoms with Gasteiger partial charge in [-0.2, -0.15) is 11.3 Å². The molecular formula is C21H20N2O4S2. The number of aromatic nitrogens is 1. The van der Waals surface area contributed by atoms with Gasteiger partial charge in [0.25, 0.3) is 5.56 Å². The summed E-state index contributed by atoms with van der Waals surface area (Å²) in [5.41, 5.74) is 0.640. The summed E-state index contributed by atoms with van der Waals surface area (Å²) >= 11 is 2.74. The minimum atomic E-state index is -0.344. The summed E-state index contributed by atoms with van der Waals surface area (Å²) in [6, 6.07) is 5.29. The van der Waals surface area contributed by atoms with Gasteiger partial charge in [0.1, 0.15) is 11.2 Å². The maximum Gasteiger partial charge on any atom is 0.269 e. The van der Waals surface area contributed by atoms with Crippen LogP contribution in [-0.2, 0) is 11.3 Å². The summed E-state index contributed by atoms with van der Waals surface area (Å²) in [5, 5.41) is 6.87. The first-order chi connectivity index (χ1) is 14.1. The van der Waals surface area contributed by atoms with Crippen molar-refractivity contribution in [3.05, 3.63) is 66.1 Å². The third kappa shape index (κ3) is 4.65. The number of rotatable bonds is 6. The standard InChI is InChI=1S/C21H20N2O4S2/c24-16(17-6-3-8-27-17)11-20-23(12-19(25)22-15-4-1-2-5-15)21(26)18(29-20)10-14-7-9-28-13-14/h3,6-11,13,15H,1-2,4-5,12H2,(H,22,25)/b18-10+,20-11+. The van der Waals surface area contributed by atoms with Crippen molar-refractivity contribution in [3.63, 3.8) is 0 Å². The van der Waals surface area contributed by atoms with Crippen LogP contribution in [0.3, 0.4) is 0 Å². The van der Waals surface area contributed by atoms with Crippen molar-refractivity contribution in [2.24, 2.45) is 0 Å². The molecule has 6 nitrogen and oxygen atoms in total. The molecule has 1 saturated carbocycles. The van der Waals surface area contributed by atoms with Crippen LogP contribution in [0.2, 0.25) is 0 Å². The van der Waals surface area contributed by atoms with E-state index in [0.717, 1.165) is 31.2 Å². The maximum atomic E-state index is 13.0. The van der Waals surface area contributed by atoms with Crippen LogP contribution in [0.15, 0.2) is 44.4 Å². The minimum absolute atomic E-state index is 0.111. The van der Waals surface area contributed by atoms with Crippen molar-refractivity contribution < 1.29 is 14.0 Å². The molecule has 0 saturated heterocycles. The topological polar surface area (TPSA) is 81.3 Å². The molecule has 3 aromatic heterocycles. The first-order valence-corrected chi connectivity index (χ1v) is 11.2. The number of carbonyl (C=O) groups is 2. The van der Waals surface area contributed by atoms with Crippen molar-refractivity contribution in [1.29, 1.82) is 0 Å². The van der Waals surface area contributed by atoms with Crippen molar-refractivity contribution in [2.45, 2.75) is 38.3 Å². The molecule has 3 heterocycles. The van der Waals surface area contributed by atoms with E-state index in [4.69, 9.17) is 4.42 Å². The molecule has 150 valence electrons. The SMILES string of the molecule is O=C(Cn1c(=O)/c(=C\c2ccsc2)s/c1=C/C(=O)c1ccco1)NC1CCCC1.